The van der Waals surface area contributed by atoms with E-state index in [-0.39, 0.29) is 12.4 Å². The van der Waals surface area contributed by atoms with Crippen LogP contribution >= 0.6 is 24.0 Å². The van der Waals surface area contributed by atoms with Gasteiger partial charge in [0, 0.05) is 29.4 Å². The Bertz CT molecular complexity index is 791. The summed E-state index contributed by atoms with van der Waals surface area (Å²) in [5.74, 6) is 2.33. The summed E-state index contributed by atoms with van der Waals surface area (Å²) in [4.78, 5) is 4.11. The van der Waals surface area contributed by atoms with Crippen LogP contribution in [-0.4, -0.2) is 18.1 Å². The second-order valence-corrected chi connectivity index (χ2v) is 5.83. The smallest absolute Gasteiger partial charge is 0.213 e. The second-order valence-electron chi connectivity index (χ2n) is 5.42. The number of aryl methyl sites for hydroxylation is 1. The number of aromatic nitrogens is 1. The Balaban J connectivity index is 0.00000225. The van der Waals surface area contributed by atoms with Gasteiger partial charge in [-0.05, 0) is 36.8 Å². The van der Waals surface area contributed by atoms with Gasteiger partial charge in [0.1, 0.15) is 18.1 Å². The van der Waals surface area contributed by atoms with Gasteiger partial charge in [0.15, 0.2) is 0 Å². The van der Waals surface area contributed by atoms with Crippen molar-refractivity contribution in [1.29, 1.82) is 0 Å². The summed E-state index contributed by atoms with van der Waals surface area (Å²) >= 11 is 6.17. The molecule has 0 aliphatic rings. The first-order valence-corrected chi connectivity index (χ1v) is 8.20. The van der Waals surface area contributed by atoms with E-state index in [4.69, 9.17) is 20.8 Å². The molecule has 0 radical (unpaired) electrons. The first kappa shape index (κ1) is 19.3. The van der Waals surface area contributed by atoms with Gasteiger partial charge >= 0.3 is 0 Å². The molecule has 0 fully saturated rings. The molecule has 0 bridgehead atoms. The maximum atomic E-state index is 6.17. The van der Waals surface area contributed by atoms with Crippen LogP contribution in [0.5, 0.6) is 5.88 Å². The molecule has 0 aliphatic heterocycles. The number of hydrogen-bond donors (Lipinski definition) is 1. The Morgan fingerprint density at radius 3 is 2.80 bits per heavy atom. The standard InChI is InChI=1S/C19H19ClN2O2.ClH/c1-14-5-6-15(12-17(14)20)18-8-7-16(24-18)13-21-10-11-23-19-4-2-3-9-22-19;/h2-9,12,21H,10-11,13H2,1H3;1H. The van der Waals surface area contributed by atoms with Gasteiger partial charge in [-0.3, -0.25) is 0 Å². The highest BCUT2D eigenvalue weighted by Crippen LogP contribution is 2.26. The summed E-state index contributed by atoms with van der Waals surface area (Å²) in [6, 6.07) is 15.5. The SMILES string of the molecule is Cc1ccc(-c2ccc(CNCCOc3ccccn3)o2)cc1Cl.Cl. The van der Waals surface area contributed by atoms with Gasteiger partial charge in [-0.25, -0.2) is 4.98 Å². The number of pyridine rings is 1. The first-order chi connectivity index (χ1) is 11.7. The van der Waals surface area contributed by atoms with Crippen molar-refractivity contribution in [1.82, 2.24) is 10.3 Å². The predicted molar refractivity (Wildman–Crippen MR) is 103 cm³/mol. The molecular formula is C19H20Cl2N2O2. The molecule has 4 nitrogen and oxygen atoms in total. The molecule has 0 aliphatic carbocycles. The molecule has 1 aromatic carbocycles. The second kappa shape index (κ2) is 9.47. The highest BCUT2D eigenvalue weighted by atomic mass is 35.5. The molecule has 3 aromatic rings. The first-order valence-electron chi connectivity index (χ1n) is 7.82. The van der Waals surface area contributed by atoms with Crippen LogP contribution in [0.1, 0.15) is 11.3 Å². The maximum Gasteiger partial charge on any atom is 0.213 e. The summed E-state index contributed by atoms with van der Waals surface area (Å²) in [5, 5.41) is 4.03. The van der Waals surface area contributed by atoms with Crippen molar-refractivity contribution in [2.24, 2.45) is 0 Å². The normalized spacial score (nSPS) is 10.3. The minimum Gasteiger partial charge on any atom is -0.476 e. The molecule has 1 N–H and O–H groups in total. The lowest BCUT2D eigenvalue weighted by atomic mass is 10.1. The fourth-order valence-corrected chi connectivity index (χ4v) is 2.43. The summed E-state index contributed by atoms with van der Waals surface area (Å²) in [6.45, 7) is 3.89. The highest BCUT2D eigenvalue weighted by Gasteiger charge is 2.06. The highest BCUT2D eigenvalue weighted by molar-refractivity contribution is 6.31. The van der Waals surface area contributed by atoms with Gasteiger partial charge in [0.2, 0.25) is 5.88 Å². The van der Waals surface area contributed by atoms with Crippen LogP contribution in [-0.2, 0) is 6.54 Å². The molecule has 2 heterocycles. The summed E-state index contributed by atoms with van der Waals surface area (Å²) in [5.41, 5.74) is 2.04. The van der Waals surface area contributed by atoms with E-state index in [1.807, 2.05) is 55.5 Å². The van der Waals surface area contributed by atoms with E-state index in [0.717, 1.165) is 27.7 Å². The molecule has 25 heavy (non-hydrogen) atoms. The zero-order chi connectivity index (χ0) is 16.8. The third-order valence-corrected chi connectivity index (χ3v) is 3.99. The zero-order valence-electron chi connectivity index (χ0n) is 13.9. The molecule has 0 saturated carbocycles. The summed E-state index contributed by atoms with van der Waals surface area (Å²) < 4.78 is 11.4. The molecular weight excluding hydrogens is 359 g/mol. The van der Waals surface area contributed by atoms with Crippen molar-refractivity contribution < 1.29 is 9.15 Å². The molecule has 0 amide bonds. The number of hydrogen-bond acceptors (Lipinski definition) is 4. The predicted octanol–water partition coefficient (Wildman–Crippen LogP) is 4.89. The molecule has 0 spiro atoms. The van der Waals surface area contributed by atoms with Crippen LogP contribution in [0.3, 0.4) is 0 Å². The van der Waals surface area contributed by atoms with Gasteiger partial charge < -0.3 is 14.5 Å². The average molecular weight is 379 g/mol. The lowest BCUT2D eigenvalue weighted by Gasteiger charge is -2.05. The lowest BCUT2D eigenvalue weighted by Crippen LogP contribution is -2.20. The third kappa shape index (κ3) is 5.49. The van der Waals surface area contributed by atoms with E-state index in [2.05, 4.69) is 10.3 Å². The van der Waals surface area contributed by atoms with E-state index in [0.29, 0.717) is 25.6 Å². The van der Waals surface area contributed by atoms with E-state index < -0.39 is 0 Å². The van der Waals surface area contributed by atoms with Crippen LogP contribution < -0.4 is 10.1 Å². The number of halogens is 2. The Morgan fingerprint density at radius 2 is 2.04 bits per heavy atom. The van der Waals surface area contributed by atoms with Gasteiger partial charge in [-0.2, -0.15) is 0 Å². The number of furan rings is 1. The van der Waals surface area contributed by atoms with Gasteiger partial charge in [0.05, 0.1) is 6.54 Å². The molecule has 132 valence electrons. The van der Waals surface area contributed by atoms with Crippen molar-refractivity contribution in [3.05, 3.63) is 71.1 Å². The fraction of sp³-hybridized carbons (Fsp3) is 0.211. The third-order valence-electron chi connectivity index (χ3n) is 3.58. The monoisotopic (exact) mass is 378 g/mol. The topological polar surface area (TPSA) is 47.3 Å². The minimum absolute atomic E-state index is 0. The van der Waals surface area contributed by atoms with Crippen LogP contribution in [0.25, 0.3) is 11.3 Å². The van der Waals surface area contributed by atoms with Crippen molar-refractivity contribution in [3.63, 3.8) is 0 Å². The Morgan fingerprint density at radius 1 is 1.16 bits per heavy atom. The van der Waals surface area contributed by atoms with Gasteiger partial charge in [-0.15, -0.1) is 12.4 Å². The van der Waals surface area contributed by atoms with Gasteiger partial charge in [-0.1, -0.05) is 29.8 Å². The molecule has 0 unspecified atom stereocenters. The Labute approximate surface area is 158 Å². The van der Waals surface area contributed by atoms with Crippen molar-refractivity contribution >= 4 is 24.0 Å². The lowest BCUT2D eigenvalue weighted by molar-refractivity contribution is 0.300. The number of rotatable bonds is 7. The van der Waals surface area contributed by atoms with Crippen LogP contribution in [0.2, 0.25) is 5.02 Å². The number of nitrogens with zero attached hydrogens (tertiary/aromatic N) is 1. The Hall–Kier alpha value is -2.01. The van der Waals surface area contributed by atoms with E-state index in [1.165, 1.54) is 0 Å². The average Bonchev–Trinajstić information content (AvgIpc) is 3.07. The van der Waals surface area contributed by atoms with Crippen LogP contribution in [0, 0.1) is 6.92 Å². The summed E-state index contributed by atoms with van der Waals surface area (Å²) in [7, 11) is 0. The zero-order valence-corrected chi connectivity index (χ0v) is 15.4. The molecule has 0 atom stereocenters. The van der Waals surface area contributed by atoms with Crippen molar-refractivity contribution in [3.8, 4) is 17.2 Å². The van der Waals surface area contributed by atoms with Crippen LogP contribution in [0.15, 0.2) is 59.1 Å². The largest absolute Gasteiger partial charge is 0.476 e. The van der Waals surface area contributed by atoms with Crippen molar-refractivity contribution in [2.45, 2.75) is 13.5 Å². The van der Waals surface area contributed by atoms with E-state index in [1.54, 1.807) is 6.20 Å². The molecule has 0 saturated heterocycles. The molecule has 6 heteroatoms. The van der Waals surface area contributed by atoms with E-state index >= 15 is 0 Å². The fourth-order valence-electron chi connectivity index (χ4n) is 2.25. The van der Waals surface area contributed by atoms with Crippen molar-refractivity contribution in [2.75, 3.05) is 13.2 Å². The minimum atomic E-state index is 0. The number of nitrogens with one attached hydrogen (secondary N) is 1. The molecule has 2 aromatic heterocycles. The molecule has 3 rings (SSSR count). The van der Waals surface area contributed by atoms with E-state index in [9.17, 15) is 0 Å². The Kier molecular flexibility index (Phi) is 7.31. The van der Waals surface area contributed by atoms with Gasteiger partial charge in [0.25, 0.3) is 0 Å². The van der Waals surface area contributed by atoms with Crippen LogP contribution in [0.4, 0.5) is 0 Å². The maximum absolute atomic E-state index is 6.17. The quantitative estimate of drug-likeness (QED) is 0.594. The number of benzene rings is 1. The number of ether oxygens (including phenoxy) is 1. The summed E-state index contributed by atoms with van der Waals surface area (Å²) in [6.07, 6.45) is 1.71.